The fourth-order valence-corrected chi connectivity index (χ4v) is 3.89. The molecular weight excluding hydrogens is 292 g/mol. The van der Waals surface area contributed by atoms with Gasteiger partial charge in [0.1, 0.15) is 0 Å². The zero-order valence-electron chi connectivity index (χ0n) is 12.4. The normalized spacial score (nSPS) is 17.1. The van der Waals surface area contributed by atoms with Gasteiger partial charge >= 0.3 is 0 Å². The number of benzene rings is 2. The molecule has 3 heteroatoms. The van der Waals surface area contributed by atoms with Crippen LogP contribution in [0.5, 0.6) is 0 Å². The smallest absolute Gasteiger partial charge is 0.0623 e. The monoisotopic (exact) mass is 310 g/mol. The van der Waals surface area contributed by atoms with Crippen LogP contribution in [0.25, 0.3) is 10.9 Å². The van der Waals surface area contributed by atoms with E-state index in [0.29, 0.717) is 0 Å². The topological polar surface area (TPSA) is 19.0 Å². The zero-order chi connectivity index (χ0) is 14.9. The summed E-state index contributed by atoms with van der Waals surface area (Å²) in [6.07, 6.45) is 4.69. The van der Waals surface area contributed by atoms with Crippen molar-refractivity contribution < 1.29 is 0 Å². The highest BCUT2D eigenvalue weighted by Gasteiger charge is 2.27. The quantitative estimate of drug-likeness (QED) is 0.720. The van der Waals surface area contributed by atoms with Gasteiger partial charge in [-0.25, -0.2) is 0 Å². The molecule has 0 spiro atoms. The minimum Gasteiger partial charge on any atom is -0.361 e. The molecule has 2 heterocycles. The molecule has 0 radical (unpaired) electrons. The van der Waals surface area contributed by atoms with Gasteiger partial charge in [0, 0.05) is 22.7 Å². The van der Waals surface area contributed by atoms with Crippen molar-refractivity contribution in [3.8, 4) is 0 Å². The van der Waals surface area contributed by atoms with Gasteiger partial charge < -0.3 is 4.98 Å². The zero-order valence-corrected chi connectivity index (χ0v) is 13.2. The Morgan fingerprint density at radius 1 is 0.955 bits per heavy atom. The Morgan fingerprint density at radius 3 is 2.50 bits per heavy atom. The Balaban J connectivity index is 1.89. The average Bonchev–Trinajstić information content (AvgIpc) is 3.20. The first-order valence-electron chi connectivity index (χ1n) is 7.89. The predicted molar refractivity (Wildman–Crippen MR) is 92.4 cm³/mol. The number of nitrogens with zero attached hydrogens (tertiary/aromatic N) is 1. The van der Waals surface area contributed by atoms with Crippen LogP contribution < -0.4 is 0 Å². The van der Waals surface area contributed by atoms with Crippen molar-refractivity contribution in [2.45, 2.75) is 18.9 Å². The number of likely N-dealkylation sites (tertiary alicyclic amines) is 1. The number of aromatic nitrogens is 1. The van der Waals surface area contributed by atoms with Crippen LogP contribution in [-0.2, 0) is 0 Å². The van der Waals surface area contributed by atoms with E-state index in [-0.39, 0.29) is 6.04 Å². The average molecular weight is 311 g/mol. The van der Waals surface area contributed by atoms with Crippen LogP contribution in [0.3, 0.4) is 0 Å². The minimum atomic E-state index is 0.275. The molecule has 112 valence electrons. The molecule has 1 aliphatic rings. The molecule has 1 unspecified atom stereocenters. The van der Waals surface area contributed by atoms with Crippen molar-refractivity contribution in [2.75, 3.05) is 13.1 Å². The number of aromatic amines is 1. The molecule has 1 N–H and O–H groups in total. The van der Waals surface area contributed by atoms with E-state index in [1.807, 2.05) is 12.1 Å². The van der Waals surface area contributed by atoms with E-state index < -0.39 is 0 Å². The molecule has 2 aromatic carbocycles. The van der Waals surface area contributed by atoms with Crippen molar-refractivity contribution >= 4 is 22.5 Å². The van der Waals surface area contributed by atoms with Gasteiger partial charge in [0.15, 0.2) is 0 Å². The van der Waals surface area contributed by atoms with E-state index in [1.54, 1.807) is 0 Å². The third-order valence-electron chi connectivity index (χ3n) is 4.60. The molecular formula is C19H19ClN2. The van der Waals surface area contributed by atoms with Gasteiger partial charge in [0.05, 0.1) is 11.1 Å². The molecule has 3 aromatic rings. The van der Waals surface area contributed by atoms with Crippen LogP contribution in [0.2, 0.25) is 5.02 Å². The van der Waals surface area contributed by atoms with Gasteiger partial charge in [-0.2, -0.15) is 0 Å². The standard InChI is InChI=1S/C19H19ClN2/c20-16-9-6-10-17-18(16)15(13-21-17)19(22-11-4-5-12-22)14-7-2-1-3-8-14/h1-3,6-10,13,19,21H,4-5,11-12H2. The molecule has 1 aromatic heterocycles. The van der Waals surface area contributed by atoms with E-state index in [9.17, 15) is 0 Å². The van der Waals surface area contributed by atoms with Crippen molar-refractivity contribution in [1.29, 1.82) is 0 Å². The largest absolute Gasteiger partial charge is 0.361 e. The molecule has 0 bridgehead atoms. The highest BCUT2D eigenvalue weighted by Crippen LogP contribution is 2.38. The molecule has 1 fully saturated rings. The fraction of sp³-hybridized carbons (Fsp3) is 0.263. The second kappa shape index (κ2) is 5.79. The molecule has 0 saturated carbocycles. The van der Waals surface area contributed by atoms with Crippen LogP contribution in [0.1, 0.15) is 30.0 Å². The van der Waals surface area contributed by atoms with Crippen molar-refractivity contribution in [2.24, 2.45) is 0 Å². The first-order valence-corrected chi connectivity index (χ1v) is 8.27. The second-order valence-corrected chi connectivity index (χ2v) is 6.37. The summed E-state index contributed by atoms with van der Waals surface area (Å²) in [5.74, 6) is 0. The maximum atomic E-state index is 6.50. The summed E-state index contributed by atoms with van der Waals surface area (Å²) < 4.78 is 0. The Bertz CT molecular complexity index is 772. The van der Waals surface area contributed by atoms with Gasteiger partial charge in [-0.05, 0) is 43.6 Å². The minimum absolute atomic E-state index is 0.275. The fourth-order valence-electron chi connectivity index (χ4n) is 3.60. The van der Waals surface area contributed by atoms with Crippen LogP contribution in [0.4, 0.5) is 0 Å². The molecule has 2 nitrogen and oxygen atoms in total. The molecule has 0 amide bonds. The summed E-state index contributed by atoms with van der Waals surface area (Å²) in [5, 5.41) is 1.98. The second-order valence-electron chi connectivity index (χ2n) is 5.96. The Labute approximate surface area is 135 Å². The maximum absolute atomic E-state index is 6.50. The van der Waals surface area contributed by atoms with Gasteiger partial charge in [0.2, 0.25) is 0 Å². The molecule has 1 saturated heterocycles. The Hall–Kier alpha value is -1.77. The van der Waals surface area contributed by atoms with Crippen LogP contribution in [-0.4, -0.2) is 23.0 Å². The molecule has 0 aliphatic carbocycles. The third kappa shape index (κ3) is 2.33. The summed E-state index contributed by atoms with van der Waals surface area (Å²) in [6, 6.07) is 17.1. The lowest BCUT2D eigenvalue weighted by atomic mass is 9.97. The Morgan fingerprint density at radius 2 is 1.73 bits per heavy atom. The number of rotatable bonds is 3. The highest BCUT2D eigenvalue weighted by molar-refractivity contribution is 6.35. The van der Waals surface area contributed by atoms with Gasteiger partial charge in [-0.1, -0.05) is 48.0 Å². The van der Waals surface area contributed by atoms with E-state index in [0.717, 1.165) is 29.0 Å². The highest BCUT2D eigenvalue weighted by atomic mass is 35.5. The lowest BCUT2D eigenvalue weighted by molar-refractivity contribution is 0.282. The number of H-pyrrole nitrogens is 1. The van der Waals surface area contributed by atoms with Crippen molar-refractivity contribution in [3.63, 3.8) is 0 Å². The molecule has 1 aliphatic heterocycles. The number of fused-ring (bicyclic) bond motifs is 1. The lowest BCUT2D eigenvalue weighted by Crippen LogP contribution is -2.26. The lowest BCUT2D eigenvalue weighted by Gasteiger charge is -2.28. The molecule has 22 heavy (non-hydrogen) atoms. The number of nitrogens with one attached hydrogen (secondary N) is 1. The van der Waals surface area contributed by atoms with Gasteiger partial charge in [-0.3, -0.25) is 4.90 Å². The van der Waals surface area contributed by atoms with E-state index in [2.05, 4.69) is 52.5 Å². The first kappa shape index (κ1) is 13.9. The van der Waals surface area contributed by atoms with E-state index in [4.69, 9.17) is 11.6 Å². The summed E-state index contributed by atoms with van der Waals surface area (Å²) in [5.41, 5.74) is 3.74. The summed E-state index contributed by atoms with van der Waals surface area (Å²) >= 11 is 6.50. The number of hydrogen-bond acceptors (Lipinski definition) is 1. The summed E-state index contributed by atoms with van der Waals surface area (Å²) in [4.78, 5) is 5.96. The van der Waals surface area contributed by atoms with Gasteiger partial charge in [0.25, 0.3) is 0 Å². The predicted octanol–water partition coefficient (Wildman–Crippen LogP) is 5.01. The number of hydrogen-bond donors (Lipinski definition) is 1. The first-order chi connectivity index (χ1) is 10.8. The summed E-state index contributed by atoms with van der Waals surface area (Å²) in [7, 11) is 0. The maximum Gasteiger partial charge on any atom is 0.0623 e. The third-order valence-corrected chi connectivity index (χ3v) is 4.92. The van der Waals surface area contributed by atoms with Crippen LogP contribution in [0.15, 0.2) is 54.7 Å². The van der Waals surface area contributed by atoms with E-state index >= 15 is 0 Å². The van der Waals surface area contributed by atoms with Gasteiger partial charge in [-0.15, -0.1) is 0 Å². The van der Waals surface area contributed by atoms with E-state index in [1.165, 1.54) is 24.0 Å². The van der Waals surface area contributed by atoms with Crippen molar-refractivity contribution in [3.05, 3.63) is 70.9 Å². The molecule has 1 atom stereocenters. The number of halogens is 1. The van der Waals surface area contributed by atoms with Crippen LogP contribution in [0, 0.1) is 0 Å². The SMILES string of the molecule is Clc1cccc2[nH]cc(C(c3ccccc3)N3CCCC3)c12. The summed E-state index contributed by atoms with van der Waals surface area (Å²) in [6.45, 7) is 2.30. The van der Waals surface area contributed by atoms with Crippen LogP contribution >= 0.6 is 11.6 Å². The van der Waals surface area contributed by atoms with Crippen molar-refractivity contribution in [1.82, 2.24) is 9.88 Å². The molecule has 4 rings (SSSR count). The Kier molecular flexibility index (Phi) is 3.65.